The van der Waals surface area contributed by atoms with Crippen molar-refractivity contribution in [3.8, 4) is 5.75 Å². The van der Waals surface area contributed by atoms with E-state index >= 15 is 0 Å². The molecule has 0 amide bonds. The molecule has 112 valence electrons. The summed E-state index contributed by atoms with van der Waals surface area (Å²) in [5.74, 6) is 0.0459. The zero-order valence-corrected chi connectivity index (χ0v) is 11.4. The molecule has 0 fully saturated rings. The molecule has 0 spiro atoms. The number of hydrogen-bond acceptors (Lipinski definition) is 3. The number of halogens is 2. The van der Waals surface area contributed by atoms with Crippen molar-refractivity contribution < 1.29 is 18.6 Å². The van der Waals surface area contributed by atoms with E-state index in [0.29, 0.717) is 18.7 Å². The van der Waals surface area contributed by atoms with Crippen LogP contribution >= 0.6 is 0 Å². The van der Waals surface area contributed by atoms with Gasteiger partial charge < -0.3 is 15.2 Å². The Kier molecular flexibility index (Phi) is 5.66. The molecule has 0 heterocycles. The zero-order chi connectivity index (χ0) is 15.1. The van der Waals surface area contributed by atoms with Gasteiger partial charge in [-0.2, -0.15) is 8.78 Å². The second kappa shape index (κ2) is 7.71. The van der Waals surface area contributed by atoms with Crippen LogP contribution in [0, 0.1) is 0 Å². The number of ether oxygens (including phenoxy) is 1. The van der Waals surface area contributed by atoms with Gasteiger partial charge in [0, 0.05) is 13.1 Å². The summed E-state index contributed by atoms with van der Waals surface area (Å²) in [5, 5.41) is 13.2. The highest BCUT2D eigenvalue weighted by Gasteiger charge is 2.10. The molecule has 0 aliphatic carbocycles. The molecule has 3 nitrogen and oxygen atoms in total. The van der Waals surface area contributed by atoms with Crippen LogP contribution in [0.2, 0.25) is 0 Å². The van der Waals surface area contributed by atoms with E-state index in [1.807, 2.05) is 30.3 Å². The average Bonchev–Trinajstić information content (AvgIpc) is 2.48. The van der Waals surface area contributed by atoms with Crippen molar-refractivity contribution >= 4 is 0 Å². The first-order valence-corrected chi connectivity index (χ1v) is 6.62. The van der Waals surface area contributed by atoms with Gasteiger partial charge in [0.25, 0.3) is 0 Å². The van der Waals surface area contributed by atoms with E-state index in [1.165, 1.54) is 12.1 Å². The molecule has 2 N–H and O–H groups in total. The van der Waals surface area contributed by atoms with Crippen LogP contribution in [0.4, 0.5) is 8.78 Å². The lowest BCUT2D eigenvalue weighted by atomic mass is 10.1. The number of aliphatic hydroxyl groups excluding tert-OH is 1. The summed E-state index contributed by atoms with van der Waals surface area (Å²) in [5.41, 5.74) is 1.65. The highest BCUT2D eigenvalue weighted by molar-refractivity contribution is 5.30. The minimum absolute atomic E-state index is 0.0459. The fraction of sp³-hybridized carbons (Fsp3) is 0.250. The Bertz CT molecular complexity index is 549. The van der Waals surface area contributed by atoms with Gasteiger partial charge >= 0.3 is 6.61 Å². The van der Waals surface area contributed by atoms with Crippen LogP contribution < -0.4 is 10.1 Å². The first-order chi connectivity index (χ1) is 10.1. The van der Waals surface area contributed by atoms with Gasteiger partial charge in [-0.15, -0.1) is 0 Å². The molecule has 0 aromatic heterocycles. The lowest BCUT2D eigenvalue weighted by molar-refractivity contribution is -0.0499. The number of rotatable bonds is 7. The van der Waals surface area contributed by atoms with E-state index in [9.17, 15) is 13.9 Å². The van der Waals surface area contributed by atoms with Crippen molar-refractivity contribution in [2.24, 2.45) is 0 Å². The quantitative estimate of drug-likeness (QED) is 0.824. The fourth-order valence-corrected chi connectivity index (χ4v) is 1.96. The third kappa shape index (κ3) is 5.13. The molecule has 2 rings (SSSR count). The molecule has 0 aliphatic rings. The van der Waals surface area contributed by atoms with Gasteiger partial charge in [0.15, 0.2) is 0 Å². The van der Waals surface area contributed by atoms with Crippen LogP contribution in [0.15, 0.2) is 54.6 Å². The summed E-state index contributed by atoms with van der Waals surface area (Å²) in [6.07, 6.45) is -0.782. The first-order valence-electron chi connectivity index (χ1n) is 6.62. The summed E-state index contributed by atoms with van der Waals surface area (Å²) in [4.78, 5) is 0. The van der Waals surface area contributed by atoms with Gasteiger partial charge in [-0.25, -0.2) is 0 Å². The van der Waals surface area contributed by atoms with Crippen molar-refractivity contribution in [2.45, 2.75) is 19.3 Å². The second-order valence-corrected chi connectivity index (χ2v) is 4.58. The molecule has 1 atom stereocenters. The van der Waals surface area contributed by atoms with Crippen LogP contribution in [0.25, 0.3) is 0 Å². The SMILES string of the molecule is O[C@@H](CNCc1ccccc1)c1cccc(OC(F)F)c1. The number of benzene rings is 2. The third-order valence-electron chi connectivity index (χ3n) is 2.98. The summed E-state index contributed by atoms with van der Waals surface area (Å²) in [6.45, 7) is -1.91. The van der Waals surface area contributed by atoms with Crippen molar-refractivity contribution in [1.29, 1.82) is 0 Å². The maximum Gasteiger partial charge on any atom is 0.387 e. The van der Waals surface area contributed by atoms with Crippen LogP contribution in [-0.2, 0) is 6.54 Å². The largest absolute Gasteiger partial charge is 0.435 e. The van der Waals surface area contributed by atoms with Crippen LogP contribution in [-0.4, -0.2) is 18.3 Å². The van der Waals surface area contributed by atoms with Crippen molar-refractivity contribution in [2.75, 3.05) is 6.54 Å². The Balaban J connectivity index is 1.86. The first kappa shape index (κ1) is 15.4. The average molecular weight is 293 g/mol. The number of aliphatic hydroxyl groups is 1. The minimum atomic E-state index is -2.87. The van der Waals surface area contributed by atoms with Crippen molar-refractivity contribution in [3.05, 3.63) is 65.7 Å². The summed E-state index contributed by atoms with van der Waals surface area (Å²) in [6, 6.07) is 15.9. The Morgan fingerprint density at radius 1 is 1.05 bits per heavy atom. The van der Waals surface area contributed by atoms with Gasteiger partial charge in [0.2, 0.25) is 0 Å². The Labute approximate surface area is 122 Å². The van der Waals surface area contributed by atoms with E-state index in [4.69, 9.17) is 0 Å². The molecular weight excluding hydrogens is 276 g/mol. The van der Waals surface area contributed by atoms with Gasteiger partial charge in [-0.1, -0.05) is 42.5 Å². The molecule has 0 bridgehead atoms. The maximum atomic E-state index is 12.1. The molecule has 5 heteroatoms. The fourth-order valence-electron chi connectivity index (χ4n) is 1.96. The summed E-state index contributed by atoms with van der Waals surface area (Å²) in [7, 11) is 0. The molecule has 0 radical (unpaired) electrons. The minimum Gasteiger partial charge on any atom is -0.435 e. The van der Waals surface area contributed by atoms with E-state index in [1.54, 1.807) is 12.1 Å². The molecule has 0 saturated carbocycles. The predicted molar refractivity (Wildman–Crippen MR) is 76.2 cm³/mol. The lowest BCUT2D eigenvalue weighted by Crippen LogP contribution is -2.21. The van der Waals surface area contributed by atoms with Gasteiger partial charge in [0.05, 0.1) is 6.10 Å². The smallest absolute Gasteiger partial charge is 0.387 e. The zero-order valence-electron chi connectivity index (χ0n) is 11.4. The lowest BCUT2D eigenvalue weighted by Gasteiger charge is -2.13. The van der Waals surface area contributed by atoms with E-state index in [2.05, 4.69) is 10.1 Å². The molecule has 0 saturated heterocycles. The molecule has 2 aromatic rings. The number of nitrogens with one attached hydrogen (secondary N) is 1. The monoisotopic (exact) mass is 293 g/mol. The topological polar surface area (TPSA) is 41.5 Å². The van der Waals surface area contributed by atoms with E-state index in [0.717, 1.165) is 5.56 Å². The second-order valence-electron chi connectivity index (χ2n) is 4.58. The van der Waals surface area contributed by atoms with Crippen molar-refractivity contribution in [3.63, 3.8) is 0 Å². The maximum absolute atomic E-state index is 12.1. The van der Waals surface area contributed by atoms with E-state index in [-0.39, 0.29) is 5.75 Å². The summed E-state index contributed by atoms with van der Waals surface area (Å²) < 4.78 is 28.6. The van der Waals surface area contributed by atoms with Crippen molar-refractivity contribution in [1.82, 2.24) is 5.32 Å². The Morgan fingerprint density at radius 3 is 2.52 bits per heavy atom. The highest BCUT2D eigenvalue weighted by Crippen LogP contribution is 2.20. The predicted octanol–water partition coefficient (Wildman–Crippen LogP) is 3.11. The molecule has 21 heavy (non-hydrogen) atoms. The number of alkyl halides is 2. The highest BCUT2D eigenvalue weighted by atomic mass is 19.3. The van der Waals surface area contributed by atoms with Crippen LogP contribution in [0.5, 0.6) is 5.75 Å². The third-order valence-corrected chi connectivity index (χ3v) is 2.98. The van der Waals surface area contributed by atoms with Gasteiger partial charge in [-0.3, -0.25) is 0 Å². The summed E-state index contributed by atoms with van der Waals surface area (Å²) >= 11 is 0. The Hall–Kier alpha value is -1.98. The normalized spacial score (nSPS) is 12.4. The van der Waals surface area contributed by atoms with Gasteiger partial charge in [-0.05, 0) is 23.3 Å². The molecule has 0 unspecified atom stereocenters. The van der Waals surface area contributed by atoms with Crippen LogP contribution in [0.1, 0.15) is 17.2 Å². The molecule has 2 aromatic carbocycles. The van der Waals surface area contributed by atoms with Gasteiger partial charge in [0.1, 0.15) is 5.75 Å². The molecule has 0 aliphatic heterocycles. The van der Waals surface area contributed by atoms with Crippen LogP contribution in [0.3, 0.4) is 0 Å². The Morgan fingerprint density at radius 2 is 1.81 bits per heavy atom. The molecular formula is C16H17F2NO2. The van der Waals surface area contributed by atoms with E-state index < -0.39 is 12.7 Å². The number of hydrogen-bond donors (Lipinski definition) is 2. The standard InChI is InChI=1S/C16H17F2NO2/c17-16(18)21-14-8-4-7-13(9-14)15(20)11-19-10-12-5-2-1-3-6-12/h1-9,15-16,19-20H,10-11H2/t15-/m0/s1.